The Morgan fingerprint density at radius 1 is 0.326 bits per heavy atom. The Labute approximate surface area is 267 Å². The zero-order valence-electron chi connectivity index (χ0n) is 25.1. The molecule has 0 aliphatic carbocycles. The summed E-state index contributed by atoms with van der Waals surface area (Å²) in [6, 6.07) is 62.9. The molecule has 1 heterocycles. The average Bonchev–Trinajstić information content (AvgIpc) is 3.51. The quantitative estimate of drug-likeness (QED) is 0.186. The Hall–Kier alpha value is -6.12. The highest BCUT2D eigenvalue weighted by Crippen LogP contribution is 2.43. The Balaban J connectivity index is 1.19. The maximum Gasteiger partial charge on any atom is 0.135 e. The molecule has 0 N–H and O–H groups in total. The van der Waals surface area contributed by atoms with Crippen molar-refractivity contribution < 1.29 is 4.42 Å². The van der Waals surface area contributed by atoms with Crippen molar-refractivity contribution in [1.82, 2.24) is 0 Å². The van der Waals surface area contributed by atoms with Gasteiger partial charge >= 0.3 is 0 Å². The maximum absolute atomic E-state index is 6.09. The first-order valence-electron chi connectivity index (χ1n) is 15.7. The number of anilines is 3. The number of fused-ring (bicyclic) bond motifs is 6. The predicted molar refractivity (Wildman–Crippen MR) is 194 cm³/mol. The Morgan fingerprint density at radius 2 is 0.848 bits per heavy atom. The third kappa shape index (κ3) is 4.43. The molecule has 0 aliphatic rings. The van der Waals surface area contributed by atoms with Crippen molar-refractivity contribution in [3.63, 3.8) is 0 Å². The number of hydrogen-bond acceptors (Lipinski definition) is 2. The first-order chi connectivity index (χ1) is 22.8. The van der Waals surface area contributed by atoms with Crippen LogP contribution in [-0.4, -0.2) is 0 Å². The minimum Gasteiger partial charge on any atom is -0.456 e. The number of furan rings is 1. The molecule has 9 rings (SSSR count). The standard InChI is InChI=1S/C44H29NO/c1-2-10-30(11-3-1)31-18-23-35(24-19-31)45(42-29-34-12-4-5-13-37(34)38-14-6-7-15-39(38)42)36-25-20-32(21-26-36)33-22-27-44-41(28-33)40-16-8-9-17-43(40)46-44/h1-29H. The van der Waals surface area contributed by atoms with Crippen LogP contribution in [0.4, 0.5) is 17.1 Å². The minimum atomic E-state index is 0.912. The molecule has 2 heteroatoms. The van der Waals surface area contributed by atoms with E-state index in [0.717, 1.165) is 39.0 Å². The lowest BCUT2D eigenvalue weighted by Crippen LogP contribution is -2.10. The predicted octanol–water partition coefficient (Wildman–Crippen LogP) is 12.7. The molecule has 8 aromatic carbocycles. The number of benzene rings is 8. The van der Waals surface area contributed by atoms with E-state index in [2.05, 4.69) is 169 Å². The summed E-state index contributed by atoms with van der Waals surface area (Å²) in [5, 5.41) is 7.23. The monoisotopic (exact) mass is 587 g/mol. The van der Waals surface area contributed by atoms with E-state index in [1.165, 1.54) is 43.8 Å². The van der Waals surface area contributed by atoms with Gasteiger partial charge in [0.25, 0.3) is 0 Å². The summed E-state index contributed by atoms with van der Waals surface area (Å²) < 4.78 is 6.09. The summed E-state index contributed by atoms with van der Waals surface area (Å²) in [6.45, 7) is 0. The zero-order valence-corrected chi connectivity index (χ0v) is 25.1. The molecule has 0 fully saturated rings. The largest absolute Gasteiger partial charge is 0.456 e. The van der Waals surface area contributed by atoms with Crippen LogP contribution in [-0.2, 0) is 0 Å². The zero-order chi connectivity index (χ0) is 30.5. The topological polar surface area (TPSA) is 16.4 Å². The lowest BCUT2D eigenvalue weighted by molar-refractivity contribution is 0.669. The van der Waals surface area contributed by atoms with Gasteiger partial charge in [-0.15, -0.1) is 0 Å². The second-order valence-electron chi connectivity index (χ2n) is 11.8. The summed E-state index contributed by atoms with van der Waals surface area (Å²) in [5.41, 5.74) is 9.94. The first-order valence-corrected chi connectivity index (χ1v) is 15.7. The van der Waals surface area contributed by atoms with E-state index in [4.69, 9.17) is 4.42 Å². The highest BCUT2D eigenvalue weighted by molar-refractivity contribution is 6.14. The second kappa shape index (κ2) is 10.8. The molecule has 0 saturated carbocycles. The Bertz CT molecular complexity index is 2510. The number of hydrogen-bond donors (Lipinski definition) is 0. The van der Waals surface area contributed by atoms with Crippen LogP contribution < -0.4 is 4.90 Å². The Morgan fingerprint density at radius 3 is 1.59 bits per heavy atom. The molecular weight excluding hydrogens is 558 g/mol. The Kier molecular flexibility index (Phi) is 6.17. The summed E-state index contributed by atoms with van der Waals surface area (Å²) in [6.07, 6.45) is 0. The van der Waals surface area contributed by atoms with E-state index >= 15 is 0 Å². The number of nitrogens with zero attached hydrogens (tertiary/aromatic N) is 1. The second-order valence-corrected chi connectivity index (χ2v) is 11.8. The van der Waals surface area contributed by atoms with Crippen LogP contribution in [0.25, 0.3) is 65.7 Å². The molecule has 2 nitrogen and oxygen atoms in total. The van der Waals surface area contributed by atoms with Gasteiger partial charge in [0.2, 0.25) is 0 Å². The fourth-order valence-electron chi connectivity index (χ4n) is 6.79. The molecule has 0 spiro atoms. The molecule has 216 valence electrons. The lowest BCUT2D eigenvalue weighted by atomic mass is 9.98. The van der Waals surface area contributed by atoms with Gasteiger partial charge in [0.15, 0.2) is 0 Å². The summed E-state index contributed by atoms with van der Waals surface area (Å²) >= 11 is 0. The van der Waals surface area contributed by atoms with E-state index in [-0.39, 0.29) is 0 Å². The van der Waals surface area contributed by atoms with Crippen molar-refractivity contribution in [2.75, 3.05) is 4.90 Å². The molecule has 0 atom stereocenters. The minimum absolute atomic E-state index is 0.912. The van der Waals surface area contributed by atoms with Crippen molar-refractivity contribution in [2.45, 2.75) is 0 Å². The highest BCUT2D eigenvalue weighted by Gasteiger charge is 2.18. The third-order valence-corrected chi connectivity index (χ3v) is 9.06. The molecule has 0 unspecified atom stereocenters. The highest BCUT2D eigenvalue weighted by atomic mass is 16.3. The summed E-state index contributed by atoms with van der Waals surface area (Å²) in [5.74, 6) is 0. The normalized spacial score (nSPS) is 11.5. The van der Waals surface area contributed by atoms with Crippen LogP contribution >= 0.6 is 0 Å². The van der Waals surface area contributed by atoms with Crippen LogP contribution in [0.1, 0.15) is 0 Å². The van der Waals surface area contributed by atoms with Gasteiger partial charge in [-0.05, 0) is 86.9 Å². The fraction of sp³-hybridized carbons (Fsp3) is 0. The van der Waals surface area contributed by atoms with E-state index in [1.54, 1.807) is 0 Å². The van der Waals surface area contributed by atoms with Gasteiger partial charge in [-0.2, -0.15) is 0 Å². The number of para-hydroxylation sites is 1. The lowest BCUT2D eigenvalue weighted by Gasteiger charge is -2.28. The molecule has 1 aromatic heterocycles. The van der Waals surface area contributed by atoms with Gasteiger partial charge in [-0.25, -0.2) is 0 Å². The molecule has 46 heavy (non-hydrogen) atoms. The van der Waals surface area contributed by atoms with Crippen molar-refractivity contribution in [3.8, 4) is 22.3 Å². The third-order valence-electron chi connectivity index (χ3n) is 9.06. The van der Waals surface area contributed by atoms with Crippen molar-refractivity contribution >= 4 is 60.5 Å². The van der Waals surface area contributed by atoms with Crippen molar-refractivity contribution in [3.05, 3.63) is 176 Å². The SMILES string of the molecule is c1ccc(-c2ccc(N(c3ccc(-c4ccc5oc6ccccc6c5c4)cc3)c3cc4ccccc4c4ccccc34)cc2)cc1. The van der Waals surface area contributed by atoms with E-state index in [1.807, 2.05) is 12.1 Å². The van der Waals surface area contributed by atoms with Gasteiger partial charge in [-0.3, -0.25) is 0 Å². The first kappa shape index (κ1) is 26.3. The summed E-state index contributed by atoms with van der Waals surface area (Å²) in [4.78, 5) is 2.39. The molecule has 0 amide bonds. The molecule has 9 aromatic rings. The molecule has 0 saturated heterocycles. The van der Waals surface area contributed by atoms with Crippen LogP contribution in [0.2, 0.25) is 0 Å². The van der Waals surface area contributed by atoms with Gasteiger partial charge in [0.1, 0.15) is 11.2 Å². The van der Waals surface area contributed by atoms with Crippen LogP contribution in [0.5, 0.6) is 0 Å². The van der Waals surface area contributed by atoms with Crippen molar-refractivity contribution in [1.29, 1.82) is 0 Å². The molecular formula is C44H29NO. The van der Waals surface area contributed by atoms with Gasteiger partial charge in [-0.1, -0.05) is 127 Å². The molecule has 0 radical (unpaired) electrons. The van der Waals surface area contributed by atoms with Crippen LogP contribution in [0.15, 0.2) is 180 Å². The van der Waals surface area contributed by atoms with Gasteiger partial charge in [0, 0.05) is 27.5 Å². The van der Waals surface area contributed by atoms with Crippen LogP contribution in [0, 0.1) is 0 Å². The fourth-order valence-corrected chi connectivity index (χ4v) is 6.79. The summed E-state index contributed by atoms with van der Waals surface area (Å²) in [7, 11) is 0. The smallest absolute Gasteiger partial charge is 0.135 e. The average molecular weight is 588 g/mol. The maximum atomic E-state index is 6.09. The molecule has 0 bridgehead atoms. The van der Waals surface area contributed by atoms with Gasteiger partial charge in [0.05, 0.1) is 5.69 Å². The molecule has 0 aliphatic heterocycles. The van der Waals surface area contributed by atoms with Gasteiger partial charge < -0.3 is 9.32 Å². The van der Waals surface area contributed by atoms with E-state index in [9.17, 15) is 0 Å². The van der Waals surface area contributed by atoms with Crippen LogP contribution in [0.3, 0.4) is 0 Å². The van der Waals surface area contributed by atoms with E-state index in [0.29, 0.717) is 0 Å². The number of rotatable bonds is 5. The van der Waals surface area contributed by atoms with Crippen molar-refractivity contribution in [2.24, 2.45) is 0 Å². The van der Waals surface area contributed by atoms with E-state index < -0.39 is 0 Å².